The first-order valence-corrected chi connectivity index (χ1v) is 5.10. The van der Waals surface area contributed by atoms with Crippen LogP contribution in [0.2, 0.25) is 0 Å². The molecule has 0 saturated carbocycles. The van der Waals surface area contributed by atoms with Crippen molar-refractivity contribution in [3.05, 3.63) is 28.3 Å². The fourth-order valence-corrected chi connectivity index (χ4v) is 1.59. The molecule has 0 heterocycles. The van der Waals surface area contributed by atoms with E-state index in [0.717, 1.165) is 11.1 Å². The highest BCUT2D eigenvalue weighted by Crippen LogP contribution is 2.28. The Morgan fingerprint density at radius 3 is 1.82 bits per heavy atom. The van der Waals surface area contributed by atoms with Crippen molar-refractivity contribution >= 4 is 11.6 Å². The minimum absolute atomic E-state index is 0.254. The second-order valence-corrected chi connectivity index (χ2v) is 4.09. The molecule has 1 amide bonds. The van der Waals surface area contributed by atoms with Crippen LogP contribution in [0.4, 0.5) is 18.9 Å². The zero-order chi connectivity index (χ0) is 13.4. The largest absolute Gasteiger partial charge is 0.471 e. The molecule has 1 N–H and O–H groups in total. The Hall–Kier alpha value is -1.52. The van der Waals surface area contributed by atoms with Crippen molar-refractivity contribution in [1.29, 1.82) is 0 Å². The van der Waals surface area contributed by atoms with Crippen LogP contribution in [0.25, 0.3) is 0 Å². The van der Waals surface area contributed by atoms with Crippen LogP contribution in [0.5, 0.6) is 0 Å². The second kappa shape index (κ2) is 4.39. The highest BCUT2D eigenvalue weighted by atomic mass is 19.4. The number of nitrogens with one attached hydrogen (secondary N) is 1. The highest BCUT2D eigenvalue weighted by Gasteiger charge is 2.39. The van der Waals surface area contributed by atoms with Crippen molar-refractivity contribution in [2.75, 3.05) is 5.32 Å². The maximum atomic E-state index is 12.2. The van der Waals surface area contributed by atoms with Crippen molar-refractivity contribution < 1.29 is 18.0 Å². The van der Waals surface area contributed by atoms with E-state index in [1.165, 1.54) is 0 Å². The summed E-state index contributed by atoms with van der Waals surface area (Å²) >= 11 is 0. The normalized spacial score (nSPS) is 11.5. The zero-order valence-corrected chi connectivity index (χ0v) is 10.1. The van der Waals surface area contributed by atoms with Crippen molar-refractivity contribution in [2.24, 2.45) is 0 Å². The summed E-state index contributed by atoms with van der Waals surface area (Å²) in [7, 11) is 0. The summed E-state index contributed by atoms with van der Waals surface area (Å²) in [4.78, 5) is 10.9. The van der Waals surface area contributed by atoms with Gasteiger partial charge < -0.3 is 5.32 Å². The van der Waals surface area contributed by atoms with E-state index in [1.54, 1.807) is 27.7 Å². The summed E-state index contributed by atoms with van der Waals surface area (Å²) in [5.41, 5.74) is 3.28. The summed E-state index contributed by atoms with van der Waals surface area (Å²) in [6.45, 7) is 6.97. The molecule has 0 unspecified atom stereocenters. The van der Waals surface area contributed by atoms with Gasteiger partial charge in [-0.3, -0.25) is 4.79 Å². The molecule has 0 aromatic heterocycles. The molecule has 2 nitrogen and oxygen atoms in total. The Kier molecular flexibility index (Phi) is 3.50. The Morgan fingerprint density at radius 1 is 1.06 bits per heavy atom. The molecule has 0 fully saturated rings. The van der Waals surface area contributed by atoms with Crippen LogP contribution in [0.15, 0.2) is 6.07 Å². The van der Waals surface area contributed by atoms with Crippen LogP contribution < -0.4 is 5.32 Å². The molecule has 0 atom stereocenters. The molecule has 17 heavy (non-hydrogen) atoms. The summed E-state index contributed by atoms with van der Waals surface area (Å²) < 4.78 is 36.6. The van der Waals surface area contributed by atoms with E-state index in [1.807, 2.05) is 11.4 Å². The maximum Gasteiger partial charge on any atom is 0.471 e. The monoisotopic (exact) mass is 245 g/mol. The van der Waals surface area contributed by atoms with E-state index in [2.05, 4.69) is 0 Å². The maximum absolute atomic E-state index is 12.2. The number of anilines is 1. The number of hydrogen-bond donors (Lipinski definition) is 1. The average molecular weight is 245 g/mol. The van der Waals surface area contributed by atoms with Gasteiger partial charge in [-0.1, -0.05) is 6.07 Å². The minimum atomic E-state index is -4.86. The minimum Gasteiger partial charge on any atom is -0.318 e. The van der Waals surface area contributed by atoms with Crippen molar-refractivity contribution in [3.63, 3.8) is 0 Å². The van der Waals surface area contributed by atoms with Gasteiger partial charge in [0, 0.05) is 5.69 Å². The van der Waals surface area contributed by atoms with Gasteiger partial charge in [-0.05, 0) is 49.9 Å². The van der Waals surface area contributed by atoms with Gasteiger partial charge in [0.15, 0.2) is 0 Å². The first kappa shape index (κ1) is 13.5. The van der Waals surface area contributed by atoms with Crippen LogP contribution in [0.3, 0.4) is 0 Å². The van der Waals surface area contributed by atoms with Gasteiger partial charge in [-0.25, -0.2) is 0 Å². The number of hydrogen-bond acceptors (Lipinski definition) is 1. The van der Waals surface area contributed by atoms with E-state index in [4.69, 9.17) is 0 Å². The third-order valence-corrected chi connectivity index (χ3v) is 2.86. The van der Waals surface area contributed by atoms with Gasteiger partial charge in [-0.2, -0.15) is 13.2 Å². The summed E-state index contributed by atoms with van der Waals surface area (Å²) in [6.07, 6.45) is -4.86. The number of carbonyl (C=O) groups excluding carboxylic acids is 1. The third kappa shape index (κ3) is 2.78. The fourth-order valence-electron chi connectivity index (χ4n) is 1.59. The van der Waals surface area contributed by atoms with E-state index in [0.29, 0.717) is 11.1 Å². The molecule has 5 heteroatoms. The number of alkyl halides is 3. The lowest BCUT2D eigenvalue weighted by molar-refractivity contribution is -0.167. The van der Waals surface area contributed by atoms with E-state index in [-0.39, 0.29) is 5.69 Å². The molecule has 1 aromatic rings. The van der Waals surface area contributed by atoms with Gasteiger partial charge in [0.05, 0.1) is 0 Å². The Labute approximate surface area is 97.8 Å². The Balaban J connectivity index is 3.20. The molecule has 1 rings (SSSR count). The van der Waals surface area contributed by atoms with Crippen molar-refractivity contribution in [2.45, 2.75) is 33.9 Å². The lowest BCUT2D eigenvalue weighted by Crippen LogP contribution is -2.30. The van der Waals surface area contributed by atoms with Crippen molar-refractivity contribution in [3.8, 4) is 0 Å². The average Bonchev–Trinajstić information content (AvgIpc) is 2.20. The van der Waals surface area contributed by atoms with E-state index < -0.39 is 12.1 Å². The predicted molar refractivity (Wildman–Crippen MR) is 60.1 cm³/mol. The van der Waals surface area contributed by atoms with Crippen LogP contribution in [-0.2, 0) is 4.79 Å². The van der Waals surface area contributed by atoms with Gasteiger partial charge in [0.2, 0.25) is 0 Å². The number of carbonyl (C=O) groups is 1. The molecular weight excluding hydrogens is 231 g/mol. The smallest absolute Gasteiger partial charge is 0.318 e. The summed E-state index contributed by atoms with van der Waals surface area (Å²) in [5, 5.41) is 1.94. The first-order valence-electron chi connectivity index (χ1n) is 5.10. The predicted octanol–water partition coefficient (Wildman–Crippen LogP) is 3.42. The van der Waals surface area contributed by atoms with Crippen LogP contribution >= 0.6 is 0 Å². The number of benzene rings is 1. The molecule has 1 aromatic carbocycles. The topological polar surface area (TPSA) is 29.1 Å². The SMILES string of the molecule is Cc1cc(C)c(C)c(NC(=O)C(F)(F)F)c1C. The lowest BCUT2D eigenvalue weighted by atomic mass is 9.98. The van der Waals surface area contributed by atoms with E-state index in [9.17, 15) is 18.0 Å². The molecule has 0 saturated heterocycles. The summed E-state index contributed by atoms with van der Waals surface area (Å²) in [6, 6.07) is 1.88. The highest BCUT2D eigenvalue weighted by molar-refractivity contribution is 5.96. The van der Waals surface area contributed by atoms with Crippen LogP contribution in [0.1, 0.15) is 22.3 Å². The Bertz CT molecular complexity index is 438. The number of aryl methyl sites for hydroxylation is 2. The molecule has 0 spiro atoms. The van der Waals surface area contributed by atoms with E-state index >= 15 is 0 Å². The second-order valence-electron chi connectivity index (χ2n) is 4.09. The van der Waals surface area contributed by atoms with Gasteiger partial charge >= 0.3 is 12.1 Å². The Morgan fingerprint density at radius 2 is 1.47 bits per heavy atom. The molecule has 0 radical (unpaired) electrons. The molecule has 0 aliphatic carbocycles. The lowest BCUT2D eigenvalue weighted by Gasteiger charge is -2.16. The molecule has 0 aliphatic heterocycles. The molecule has 0 aliphatic rings. The van der Waals surface area contributed by atoms with Gasteiger partial charge in [0.25, 0.3) is 0 Å². The molecule has 0 bridgehead atoms. The van der Waals surface area contributed by atoms with Crippen LogP contribution in [0, 0.1) is 27.7 Å². The zero-order valence-electron chi connectivity index (χ0n) is 10.1. The van der Waals surface area contributed by atoms with Gasteiger partial charge in [0.1, 0.15) is 0 Å². The van der Waals surface area contributed by atoms with Crippen molar-refractivity contribution in [1.82, 2.24) is 0 Å². The number of amides is 1. The number of halogens is 3. The molecule has 94 valence electrons. The summed E-state index contributed by atoms with van der Waals surface area (Å²) in [5.74, 6) is -1.94. The molecular formula is C12H14F3NO. The third-order valence-electron chi connectivity index (χ3n) is 2.86. The van der Waals surface area contributed by atoms with Gasteiger partial charge in [-0.15, -0.1) is 0 Å². The fraction of sp³-hybridized carbons (Fsp3) is 0.417. The standard InChI is InChI=1S/C12H14F3NO/c1-6-5-7(2)9(4)10(8(6)3)16-11(17)12(13,14)15/h5H,1-4H3,(H,16,17). The number of rotatable bonds is 1. The first-order chi connectivity index (χ1) is 7.64. The quantitative estimate of drug-likeness (QED) is 0.807. The van der Waals surface area contributed by atoms with Crippen LogP contribution in [-0.4, -0.2) is 12.1 Å².